The van der Waals surface area contributed by atoms with Gasteiger partial charge in [-0.2, -0.15) is 0 Å². The lowest BCUT2D eigenvalue weighted by molar-refractivity contribution is -0.149. The quantitative estimate of drug-likeness (QED) is 0.0364. The van der Waals surface area contributed by atoms with Gasteiger partial charge in [-0.3, -0.25) is 24.0 Å². The highest BCUT2D eigenvalue weighted by Gasteiger charge is 2.31. The van der Waals surface area contributed by atoms with Crippen LogP contribution in [0, 0.1) is 10.8 Å². The van der Waals surface area contributed by atoms with E-state index < -0.39 is 48.9 Å². The van der Waals surface area contributed by atoms with E-state index in [9.17, 15) is 33.6 Å². The van der Waals surface area contributed by atoms with Crippen LogP contribution in [0.4, 0.5) is 4.79 Å². The van der Waals surface area contributed by atoms with Gasteiger partial charge in [-0.1, -0.05) is 314 Å². The van der Waals surface area contributed by atoms with Crippen molar-refractivity contribution < 1.29 is 77.4 Å². The van der Waals surface area contributed by atoms with Crippen LogP contribution < -0.4 is 5.32 Å². The third-order valence-corrected chi connectivity index (χ3v) is 9.04. The molecule has 0 atom stereocenters. The van der Waals surface area contributed by atoms with Crippen LogP contribution in [0.2, 0.25) is 0 Å². The lowest BCUT2D eigenvalue weighted by Crippen LogP contribution is -2.28. The number of aliphatic carboxylic acids is 3. The van der Waals surface area contributed by atoms with Crippen LogP contribution in [0.1, 0.15) is 343 Å². The Morgan fingerprint density at radius 1 is 0.402 bits per heavy atom. The van der Waals surface area contributed by atoms with Gasteiger partial charge in [0.2, 0.25) is 0 Å². The first-order chi connectivity index (χ1) is 31.9. The van der Waals surface area contributed by atoms with E-state index in [1.165, 1.54) is 125 Å². The minimum Gasteiger partial charge on any atom is -0.481 e. The molecule has 0 aromatic heterocycles. The molecule has 0 aliphatic heterocycles. The summed E-state index contributed by atoms with van der Waals surface area (Å²) in [5, 5.41) is 25.3. The van der Waals surface area contributed by atoms with Crippen LogP contribution in [0.5, 0.6) is 0 Å². The van der Waals surface area contributed by atoms with Gasteiger partial charge in [0.1, 0.15) is 13.0 Å². The summed E-state index contributed by atoms with van der Waals surface area (Å²) in [6.45, 7) is 24.5. The first-order valence-electron chi connectivity index (χ1n) is 22.9. The number of hydrogen-bond donors (Lipinski definition) is 4. The van der Waals surface area contributed by atoms with E-state index in [1.807, 2.05) is 41.7 Å². The van der Waals surface area contributed by atoms with Gasteiger partial charge in [0.15, 0.2) is 0 Å². The van der Waals surface area contributed by atoms with E-state index >= 15 is 0 Å². The lowest BCUT2D eigenvalue weighted by Gasteiger charge is -2.38. The predicted molar refractivity (Wildman–Crippen MR) is 429 cm³/mol. The molecule has 4 N–H and O–H groups in total. The molecule has 17 heteroatoms. The Hall–Kier alpha value is -5.74. The number of ether oxygens (including phenoxy) is 5. The maximum Gasteiger partial charge on any atom is 0.407 e. The Balaban J connectivity index is -0.0000000163. The predicted octanol–water partition coefficient (Wildman–Crippen LogP) is 26.3. The molecule has 0 heterocycles. The molecule has 588 valence electrons. The van der Waals surface area contributed by atoms with E-state index in [1.54, 1.807) is 6.92 Å². The number of alkyl carbamates (subject to hydrolysis) is 1. The molecule has 0 spiro atoms. The molecule has 1 rings (SSSR count). The van der Waals surface area contributed by atoms with Gasteiger partial charge in [0.25, 0.3) is 5.97 Å². The minimum atomic E-state index is -1.17. The van der Waals surface area contributed by atoms with Crippen molar-refractivity contribution in [2.75, 3.05) is 42.1 Å². The highest BCUT2D eigenvalue weighted by atomic mass is 16.5. The largest absolute Gasteiger partial charge is 0.481 e. The highest BCUT2D eigenvalue weighted by Crippen LogP contribution is 2.44. The van der Waals surface area contributed by atoms with E-state index in [2.05, 4.69) is 78.4 Å². The Bertz CT molecular complexity index is 1360. The minimum absolute atomic E-state index is 0. The SMILES string of the molecule is C.C.C.C.C.C.C.C.C.C.C.C.C.C.C.C.C.C.C.C.C.C.C.C.C=C(C)C(=O)OC.C=CC(=O)OC.CC(=O)O.CCCC(CCC)(CCC)CCCC(CCC)(CCC)CCC.COC(=O)CC(=O)O.COC(=O)NCC(=O)O.COC(C)=O.c1ccccc1. The summed E-state index contributed by atoms with van der Waals surface area (Å²) >= 11 is 0. The second kappa shape index (κ2) is 151. The summed E-state index contributed by atoms with van der Waals surface area (Å²) in [4.78, 5) is 78.2. The number of nitrogens with one attached hydrogen (secondary N) is 1. The molecule has 0 saturated heterocycles. The van der Waals surface area contributed by atoms with Crippen molar-refractivity contribution in [1.82, 2.24) is 5.32 Å². The second-order valence-corrected chi connectivity index (χ2v) is 15.1. The number of esters is 4. The molecule has 0 bridgehead atoms. The zero-order chi connectivity index (χ0) is 54.4. The Morgan fingerprint density at radius 2 is 0.641 bits per heavy atom. The molecule has 92 heavy (non-hydrogen) atoms. The molecule has 0 aliphatic carbocycles. The third kappa shape index (κ3) is 178. The number of hydrogen-bond acceptors (Lipinski definition) is 13. The van der Waals surface area contributed by atoms with Crippen LogP contribution in [0.15, 0.2) is 61.2 Å². The lowest BCUT2D eigenvalue weighted by atomic mass is 9.68. The fraction of sp³-hybridized carbons (Fsp3) is 0.760. The maximum atomic E-state index is 10.2. The number of amides is 1. The normalized spacial score (nSPS) is 6.89. The molecule has 0 radical (unpaired) electrons. The first kappa shape index (κ1) is 205. The summed E-state index contributed by atoms with van der Waals surface area (Å²) in [6, 6.07) is 12.0. The van der Waals surface area contributed by atoms with Crippen molar-refractivity contribution in [1.29, 1.82) is 0 Å². The van der Waals surface area contributed by atoms with Crippen LogP contribution in [-0.4, -0.2) is 105 Å². The smallest absolute Gasteiger partial charge is 0.407 e. The van der Waals surface area contributed by atoms with E-state index in [-0.39, 0.29) is 190 Å². The van der Waals surface area contributed by atoms with E-state index in [0.29, 0.717) is 16.4 Å². The molecule has 0 saturated carbocycles. The molecule has 1 aromatic carbocycles. The number of benzene rings is 1. The van der Waals surface area contributed by atoms with Crippen molar-refractivity contribution in [3.63, 3.8) is 0 Å². The summed E-state index contributed by atoms with van der Waals surface area (Å²) in [5.74, 6) is -4.81. The van der Waals surface area contributed by atoms with Gasteiger partial charge >= 0.3 is 41.9 Å². The van der Waals surface area contributed by atoms with Gasteiger partial charge in [-0.25, -0.2) is 14.4 Å². The van der Waals surface area contributed by atoms with Gasteiger partial charge in [0.05, 0.1) is 35.5 Å². The highest BCUT2D eigenvalue weighted by molar-refractivity contribution is 5.90. The topological polar surface area (TPSA) is 255 Å². The Labute approximate surface area is 585 Å². The molecule has 0 aliphatic rings. The van der Waals surface area contributed by atoms with Crippen molar-refractivity contribution in [2.24, 2.45) is 10.8 Å². The molecular formula is C75H187NO16. The summed E-state index contributed by atoms with van der Waals surface area (Å²) in [5.41, 5.74) is 1.76. The molecule has 17 nitrogen and oxygen atoms in total. The Morgan fingerprint density at radius 3 is 0.739 bits per heavy atom. The van der Waals surface area contributed by atoms with Crippen molar-refractivity contribution in [3.05, 3.63) is 61.2 Å². The third-order valence-electron chi connectivity index (χ3n) is 9.04. The summed E-state index contributed by atoms with van der Waals surface area (Å²) < 4.78 is 20.7. The van der Waals surface area contributed by atoms with Gasteiger partial charge in [-0.15, -0.1) is 0 Å². The van der Waals surface area contributed by atoms with Crippen LogP contribution in [0.3, 0.4) is 0 Å². The van der Waals surface area contributed by atoms with Gasteiger partial charge < -0.3 is 44.3 Å². The van der Waals surface area contributed by atoms with Gasteiger partial charge in [0, 0.05) is 25.5 Å². The van der Waals surface area contributed by atoms with Gasteiger partial charge in [-0.05, 0) is 69.1 Å². The van der Waals surface area contributed by atoms with Crippen molar-refractivity contribution >= 4 is 47.9 Å². The summed E-state index contributed by atoms with van der Waals surface area (Å²) in [6.07, 6.45) is 21.2. The zero-order valence-corrected chi connectivity index (χ0v) is 44.1. The fourth-order valence-electron chi connectivity index (χ4n) is 6.58. The number of carbonyl (C=O) groups excluding carboxylic acids is 5. The molecule has 1 amide bonds. The second-order valence-electron chi connectivity index (χ2n) is 15.1. The molecule has 1 aromatic rings. The van der Waals surface area contributed by atoms with Crippen LogP contribution in [0.25, 0.3) is 0 Å². The molecule has 0 fully saturated rings. The number of rotatable bonds is 22. The first-order valence-corrected chi connectivity index (χ1v) is 22.9. The monoisotopic (exact) mass is 1360 g/mol. The van der Waals surface area contributed by atoms with Crippen molar-refractivity contribution in [3.8, 4) is 0 Å². The standard InChI is InChI=1S/C23H48.C6H6.C5H8O2.C4H7NO4.C4H6O4.C4H6O2.C3H6O2.C2H4O2.24CH4/c1-7-14-22(15-8-2,16-9-3)20-13-21-23(17-10-4,18-11-5)19-12-6;1-2-4-6-5-3-1;1-4(2)5(6)7-3;1-9-4(8)5-2-3(6)7;1-8-4(7)2-3(5)6;1-3-4(5)6-2;1-3(4)5-2;1-2(3)4;;;;;;;;;;;;;;;;;;;;;;;;/h7-21H2,1-6H3;1-6H;1H2,2-3H3;2H2,1H3,(H,5,8)(H,6,7);2H2,1H3,(H,5,6);3H,1H2,2H3;1-2H3;1H3,(H,3,4);24*1H4. The Kier molecular flexibility index (Phi) is 338. The zero-order valence-electron chi connectivity index (χ0n) is 44.1. The fourth-order valence-corrected chi connectivity index (χ4v) is 6.58. The van der Waals surface area contributed by atoms with E-state index in [0.717, 1.165) is 27.2 Å². The maximum absolute atomic E-state index is 10.2. The summed E-state index contributed by atoms with van der Waals surface area (Å²) in [7, 11) is 6.30. The van der Waals surface area contributed by atoms with Crippen LogP contribution in [-0.2, 0) is 57.2 Å². The number of carbonyl (C=O) groups is 8. The number of methoxy groups -OCH3 is 5. The molecule has 0 unspecified atom stereocenters. The van der Waals surface area contributed by atoms with Crippen LogP contribution >= 0.6 is 0 Å². The average Bonchev–Trinajstić information content (AvgIpc) is 3.29. The van der Waals surface area contributed by atoms with Crippen molar-refractivity contribution in [2.45, 2.75) is 343 Å². The molecular weight excluding hydrogens is 1170 g/mol. The number of carboxylic acid groups (broad SMARTS) is 3. The number of carboxylic acids is 3. The average molecular weight is 1360 g/mol. The van der Waals surface area contributed by atoms with E-state index in [4.69, 9.17) is 20.1 Å².